The van der Waals surface area contributed by atoms with Gasteiger partial charge in [0.2, 0.25) is 5.91 Å². The van der Waals surface area contributed by atoms with E-state index in [2.05, 4.69) is 22.2 Å². The summed E-state index contributed by atoms with van der Waals surface area (Å²) >= 11 is 0. The summed E-state index contributed by atoms with van der Waals surface area (Å²) in [6.45, 7) is 3.96. The van der Waals surface area contributed by atoms with Crippen LogP contribution in [0.4, 0.5) is 0 Å². The summed E-state index contributed by atoms with van der Waals surface area (Å²) in [7, 11) is 0. The van der Waals surface area contributed by atoms with Gasteiger partial charge in [0, 0.05) is 29.5 Å². The third-order valence-electron chi connectivity index (χ3n) is 6.62. The van der Waals surface area contributed by atoms with Gasteiger partial charge >= 0.3 is 0 Å². The Morgan fingerprint density at radius 1 is 1.30 bits per heavy atom. The van der Waals surface area contributed by atoms with Gasteiger partial charge in [0.1, 0.15) is 5.76 Å². The number of aliphatic hydroxyl groups is 1. The lowest BCUT2D eigenvalue weighted by atomic mass is 9.70. The minimum atomic E-state index is -0.205. The predicted octanol–water partition coefficient (Wildman–Crippen LogP) is 3.21. The van der Waals surface area contributed by atoms with Crippen LogP contribution in [-0.4, -0.2) is 39.8 Å². The molecule has 144 valence electrons. The molecule has 0 radical (unpaired) electrons. The molecule has 1 aromatic heterocycles. The standard InChI is InChI=1S/C22H28N2O3/c1-15-19(16(2)27-23-15)9-11-21(26)24-18-8-10-20(24)22(13-18,14-25)12-17-6-4-3-5-7-17/h3-7,18,20,25H,8-14H2,1-2H3/t18-,20+,22-/m0/s1. The number of amides is 1. The monoisotopic (exact) mass is 368 g/mol. The molecule has 2 fully saturated rings. The van der Waals surface area contributed by atoms with Crippen LogP contribution in [0.5, 0.6) is 0 Å². The first kappa shape index (κ1) is 18.2. The van der Waals surface area contributed by atoms with E-state index in [4.69, 9.17) is 4.52 Å². The Kier molecular flexibility index (Phi) is 4.81. The molecule has 2 bridgehead atoms. The van der Waals surface area contributed by atoms with Gasteiger partial charge < -0.3 is 14.5 Å². The molecular formula is C22H28N2O3. The molecule has 0 spiro atoms. The number of rotatable bonds is 6. The second-order valence-electron chi connectivity index (χ2n) is 8.24. The van der Waals surface area contributed by atoms with Crippen molar-refractivity contribution in [2.75, 3.05) is 6.61 Å². The molecular weight excluding hydrogens is 340 g/mol. The number of nitrogens with zero attached hydrogens (tertiary/aromatic N) is 2. The quantitative estimate of drug-likeness (QED) is 0.850. The molecule has 0 unspecified atom stereocenters. The Morgan fingerprint density at radius 2 is 2.07 bits per heavy atom. The minimum Gasteiger partial charge on any atom is -0.396 e. The van der Waals surface area contributed by atoms with Gasteiger partial charge in [-0.3, -0.25) is 4.79 Å². The van der Waals surface area contributed by atoms with E-state index in [1.807, 2.05) is 32.0 Å². The summed E-state index contributed by atoms with van der Waals surface area (Å²) in [5, 5.41) is 14.3. The van der Waals surface area contributed by atoms with E-state index < -0.39 is 0 Å². The van der Waals surface area contributed by atoms with Crippen LogP contribution in [0.25, 0.3) is 0 Å². The van der Waals surface area contributed by atoms with E-state index >= 15 is 0 Å². The second kappa shape index (κ2) is 7.12. The molecule has 1 aromatic carbocycles. The number of benzene rings is 1. The summed E-state index contributed by atoms with van der Waals surface area (Å²) in [6, 6.07) is 10.7. The lowest BCUT2D eigenvalue weighted by molar-refractivity contribution is -0.133. The molecule has 2 aliphatic rings. The molecule has 0 saturated carbocycles. The van der Waals surface area contributed by atoms with Crippen LogP contribution in [-0.2, 0) is 17.6 Å². The summed E-state index contributed by atoms with van der Waals surface area (Å²) in [5.41, 5.74) is 2.96. The second-order valence-corrected chi connectivity index (χ2v) is 8.24. The molecule has 3 heterocycles. The number of aromatic nitrogens is 1. The van der Waals surface area contributed by atoms with Crippen LogP contribution >= 0.6 is 0 Å². The highest BCUT2D eigenvalue weighted by atomic mass is 16.5. The van der Waals surface area contributed by atoms with Crippen molar-refractivity contribution in [1.29, 1.82) is 0 Å². The third-order valence-corrected chi connectivity index (χ3v) is 6.62. The van der Waals surface area contributed by atoms with E-state index in [0.717, 1.165) is 42.7 Å². The Bertz CT molecular complexity index is 797. The SMILES string of the molecule is Cc1noc(C)c1CCC(=O)N1[C@H]2CC[C@@H]1[C@@](CO)(Cc1ccccc1)C2. The van der Waals surface area contributed by atoms with Gasteiger partial charge in [0.05, 0.1) is 12.3 Å². The summed E-state index contributed by atoms with van der Waals surface area (Å²) in [5.74, 6) is 1.00. The molecule has 3 atom stereocenters. The number of hydrogen-bond donors (Lipinski definition) is 1. The van der Waals surface area contributed by atoms with Crippen LogP contribution in [0.15, 0.2) is 34.9 Å². The Morgan fingerprint density at radius 3 is 2.74 bits per heavy atom. The highest BCUT2D eigenvalue weighted by Crippen LogP contribution is 2.51. The van der Waals surface area contributed by atoms with Crippen molar-refractivity contribution in [3.63, 3.8) is 0 Å². The Hall–Kier alpha value is -2.14. The highest BCUT2D eigenvalue weighted by Gasteiger charge is 2.56. The van der Waals surface area contributed by atoms with E-state index in [0.29, 0.717) is 12.8 Å². The third kappa shape index (κ3) is 3.18. The van der Waals surface area contributed by atoms with Gasteiger partial charge in [-0.1, -0.05) is 35.5 Å². The van der Waals surface area contributed by atoms with Crippen molar-refractivity contribution >= 4 is 5.91 Å². The average Bonchev–Trinajstić information content (AvgIpc) is 3.33. The fourth-order valence-corrected chi connectivity index (χ4v) is 5.31. The maximum Gasteiger partial charge on any atom is 0.223 e. The van der Waals surface area contributed by atoms with Gasteiger partial charge in [-0.05, 0) is 51.5 Å². The van der Waals surface area contributed by atoms with E-state index in [9.17, 15) is 9.90 Å². The summed E-state index contributed by atoms with van der Waals surface area (Å²) in [6.07, 6.45) is 4.93. The van der Waals surface area contributed by atoms with E-state index in [1.165, 1.54) is 5.56 Å². The predicted molar refractivity (Wildman–Crippen MR) is 102 cm³/mol. The van der Waals surface area contributed by atoms with Gasteiger partial charge in [-0.25, -0.2) is 0 Å². The van der Waals surface area contributed by atoms with E-state index in [1.54, 1.807) is 0 Å². The summed E-state index contributed by atoms with van der Waals surface area (Å²) in [4.78, 5) is 15.2. The molecule has 27 heavy (non-hydrogen) atoms. The maximum absolute atomic E-state index is 13.1. The van der Waals surface area contributed by atoms with Gasteiger partial charge in [-0.15, -0.1) is 0 Å². The van der Waals surface area contributed by atoms with Crippen LogP contribution in [0, 0.1) is 19.3 Å². The lowest BCUT2D eigenvalue weighted by Crippen LogP contribution is -2.44. The smallest absolute Gasteiger partial charge is 0.223 e. The molecule has 5 heteroatoms. The first-order valence-electron chi connectivity index (χ1n) is 9.92. The van der Waals surface area contributed by atoms with Crippen molar-refractivity contribution in [2.24, 2.45) is 5.41 Å². The van der Waals surface area contributed by atoms with Crippen LogP contribution in [0.3, 0.4) is 0 Å². The van der Waals surface area contributed by atoms with Crippen molar-refractivity contribution in [3.05, 3.63) is 52.9 Å². The number of aryl methyl sites for hydroxylation is 2. The number of fused-ring (bicyclic) bond motifs is 2. The Balaban J connectivity index is 1.48. The normalized spacial score (nSPS) is 26.7. The number of aliphatic hydroxyl groups excluding tert-OH is 1. The zero-order chi connectivity index (χ0) is 19.0. The molecule has 4 rings (SSSR count). The largest absolute Gasteiger partial charge is 0.396 e. The first-order valence-corrected chi connectivity index (χ1v) is 9.92. The minimum absolute atomic E-state index is 0.136. The van der Waals surface area contributed by atoms with Crippen molar-refractivity contribution in [2.45, 2.75) is 64.5 Å². The molecule has 2 aromatic rings. The van der Waals surface area contributed by atoms with Gasteiger partial charge in [0.15, 0.2) is 0 Å². The molecule has 1 amide bonds. The zero-order valence-corrected chi connectivity index (χ0v) is 16.1. The maximum atomic E-state index is 13.1. The topological polar surface area (TPSA) is 66.6 Å². The molecule has 1 N–H and O–H groups in total. The fourth-order valence-electron chi connectivity index (χ4n) is 5.31. The van der Waals surface area contributed by atoms with Crippen molar-refractivity contribution in [1.82, 2.24) is 10.1 Å². The summed E-state index contributed by atoms with van der Waals surface area (Å²) < 4.78 is 5.22. The zero-order valence-electron chi connectivity index (χ0n) is 16.1. The van der Waals surface area contributed by atoms with Crippen molar-refractivity contribution in [3.8, 4) is 0 Å². The number of hydrogen-bond acceptors (Lipinski definition) is 4. The highest BCUT2D eigenvalue weighted by molar-refractivity contribution is 5.78. The number of carbonyl (C=O) groups excluding carboxylic acids is 1. The molecule has 0 aliphatic carbocycles. The molecule has 2 aliphatic heterocycles. The number of carbonyl (C=O) groups is 1. The van der Waals surface area contributed by atoms with Crippen LogP contribution in [0.2, 0.25) is 0 Å². The molecule has 5 nitrogen and oxygen atoms in total. The van der Waals surface area contributed by atoms with Crippen LogP contribution < -0.4 is 0 Å². The fraction of sp³-hybridized carbons (Fsp3) is 0.545. The van der Waals surface area contributed by atoms with Crippen molar-refractivity contribution < 1.29 is 14.4 Å². The van der Waals surface area contributed by atoms with Gasteiger partial charge in [0.25, 0.3) is 0 Å². The lowest BCUT2D eigenvalue weighted by Gasteiger charge is -2.36. The van der Waals surface area contributed by atoms with Gasteiger partial charge in [-0.2, -0.15) is 0 Å². The van der Waals surface area contributed by atoms with E-state index in [-0.39, 0.29) is 30.0 Å². The average molecular weight is 368 g/mol. The van der Waals surface area contributed by atoms with Crippen LogP contribution in [0.1, 0.15) is 48.3 Å². The molecule has 2 saturated heterocycles. The first-order chi connectivity index (χ1) is 13.0. The Labute approximate surface area is 160 Å².